The second-order valence-corrected chi connectivity index (χ2v) is 6.70. The van der Waals surface area contributed by atoms with E-state index in [-0.39, 0.29) is 11.8 Å². The predicted octanol–water partition coefficient (Wildman–Crippen LogP) is 2.88. The number of carbonyl (C=O) groups excluding carboxylic acids is 1. The maximum Gasteiger partial charge on any atom is 0.416 e. The highest BCUT2D eigenvalue weighted by atomic mass is 19.4. The zero-order valence-corrected chi connectivity index (χ0v) is 13.1. The van der Waals surface area contributed by atoms with Gasteiger partial charge in [0.2, 0.25) is 5.91 Å². The Balaban J connectivity index is 1.58. The lowest BCUT2D eigenvalue weighted by Gasteiger charge is -2.20. The number of alkyl halides is 3. The SMILES string of the molecule is CC(CC(=O)N1C[C@H]2CNC[C@H]2C1)c1ccc(C(F)(F)F)cc1. The van der Waals surface area contributed by atoms with Crippen molar-refractivity contribution < 1.29 is 18.0 Å². The van der Waals surface area contributed by atoms with Crippen molar-refractivity contribution in [1.82, 2.24) is 10.2 Å². The van der Waals surface area contributed by atoms with Gasteiger partial charge in [0, 0.05) is 32.6 Å². The van der Waals surface area contributed by atoms with Crippen molar-refractivity contribution in [3.8, 4) is 0 Å². The van der Waals surface area contributed by atoms with Crippen molar-refractivity contribution in [2.75, 3.05) is 26.2 Å². The van der Waals surface area contributed by atoms with Gasteiger partial charge in [-0.2, -0.15) is 13.2 Å². The first-order chi connectivity index (χ1) is 10.8. The van der Waals surface area contributed by atoms with Crippen LogP contribution in [0.2, 0.25) is 0 Å². The van der Waals surface area contributed by atoms with Crippen LogP contribution in [-0.2, 0) is 11.0 Å². The molecular weight excluding hydrogens is 305 g/mol. The predicted molar refractivity (Wildman–Crippen MR) is 80.9 cm³/mol. The summed E-state index contributed by atoms with van der Waals surface area (Å²) in [6.07, 6.45) is -3.98. The third-order valence-electron chi connectivity index (χ3n) is 5.03. The fourth-order valence-corrected chi connectivity index (χ4v) is 3.57. The molecule has 0 aromatic heterocycles. The molecule has 0 bridgehead atoms. The second-order valence-electron chi connectivity index (χ2n) is 6.70. The molecule has 1 amide bonds. The topological polar surface area (TPSA) is 32.3 Å². The fourth-order valence-electron chi connectivity index (χ4n) is 3.57. The van der Waals surface area contributed by atoms with E-state index < -0.39 is 11.7 Å². The smallest absolute Gasteiger partial charge is 0.342 e. The van der Waals surface area contributed by atoms with Gasteiger partial charge in [-0.05, 0) is 35.4 Å². The average molecular weight is 326 g/mol. The zero-order chi connectivity index (χ0) is 16.6. The van der Waals surface area contributed by atoms with Gasteiger partial charge >= 0.3 is 6.18 Å². The molecule has 0 aliphatic carbocycles. The van der Waals surface area contributed by atoms with Crippen LogP contribution in [0.15, 0.2) is 24.3 Å². The van der Waals surface area contributed by atoms with E-state index in [1.807, 2.05) is 11.8 Å². The van der Waals surface area contributed by atoms with Gasteiger partial charge in [0.15, 0.2) is 0 Å². The number of likely N-dealkylation sites (tertiary alicyclic amines) is 1. The lowest BCUT2D eigenvalue weighted by molar-refractivity contribution is -0.137. The molecule has 1 N–H and O–H groups in total. The number of nitrogens with one attached hydrogen (secondary N) is 1. The normalized spacial score (nSPS) is 25.5. The van der Waals surface area contributed by atoms with Crippen LogP contribution in [0.3, 0.4) is 0 Å². The molecule has 2 aliphatic heterocycles. The van der Waals surface area contributed by atoms with Gasteiger partial charge in [-0.3, -0.25) is 4.79 Å². The van der Waals surface area contributed by atoms with E-state index >= 15 is 0 Å². The fraction of sp³-hybridized carbons (Fsp3) is 0.588. The molecule has 23 heavy (non-hydrogen) atoms. The molecular formula is C17H21F3N2O. The van der Waals surface area contributed by atoms with Crippen molar-refractivity contribution in [2.24, 2.45) is 11.8 Å². The molecule has 2 aliphatic rings. The molecule has 3 atom stereocenters. The van der Waals surface area contributed by atoms with Gasteiger partial charge in [0.25, 0.3) is 0 Å². The first-order valence-electron chi connectivity index (χ1n) is 8.00. The monoisotopic (exact) mass is 326 g/mol. The summed E-state index contributed by atoms with van der Waals surface area (Å²) in [5.74, 6) is 1.13. The maximum atomic E-state index is 12.6. The molecule has 1 aromatic rings. The summed E-state index contributed by atoms with van der Waals surface area (Å²) in [4.78, 5) is 14.3. The number of amides is 1. The van der Waals surface area contributed by atoms with Crippen molar-refractivity contribution in [3.63, 3.8) is 0 Å². The van der Waals surface area contributed by atoms with E-state index in [9.17, 15) is 18.0 Å². The molecule has 6 heteroatoms. The standard InChI is InChI=1S/C17H21F3N2O/c1-11(12-2-4-15(5-3-12)17(18,19)20)6-16(23)22-9-13-7-21-8-14(13)10-22/h2-5,11,13-14,21H,6-10H2,1H3/t11?,13-,14+. The summed E-state index contributed by atoms with van der Waals surface area (Å²) in [5, 5.41) is 3.34. The number of fused-ring (bicyclic) bond motifs is 1. The zero-order valence-electron chi connectivity index (χ0n) is 13.1. The van der Waals surface area contributed by atoms with Gasteiger partial charge in [-0.25, -0.2) is 0 Å². The van der Waals surface area contributed by atoms with Crippen LogP contribution in [0.1, 0.15) is 30.4 Å². The minimum absolute atomic E-state index is 0.0802. The average Bonchev–Trinajstić information content (AvgIpc) is 3.07. The van der Waals surface area contributed by atoms with Crippen molar-refractivity contribution in [2.45, 2.75) is 25.4 Å². The Kier molecular flexibility index (Phi) is 4.36. The Morgan fingerprint density at radius 2 is 1.78 bits per heavy atom. The summed E-state index contributed by atoms with van der Waals surface area (Å²) in [7, 11) is 0. The second kappa shape index (κ2) is 6.15. The molecule has 0 spiro atoms. The summed E-state index contributed by atoms with van der Waals surface area (Å²) < 4.78 is 37.7. The van der Waals surface area contributed by atoms with Crippen LogP contribution < -0.4 is 5.32 Å². The summed E-state index contributed by atoms with van der Waals surface area (Å²) in [5.41, 5.74) is 0.118. The summed E-state index contributed by atoms with van der Waals surface area (Å²) >= 11 is 0. The van der Waals surface area contributed by atoms with Crippen LogP contribution in [-0.4, -0.2) is 37.0 Å². The minimum atomic E-state index is -4.32. The van der Waals surface area contributed by atoms with Gasteiger partial charge < -0.3 is 10.2 Å². The molecule has 2 heterocycles. The minimum Gasteiger partial charge on any atom is -0.342 e. The highest BCUT2D eigenvalue weighted by molar-refractivity contribution is 5.77. The van der Waals surface area contributed by atoms with Crippen molar-refractivity contribution in [3.05, 3.63) is 35.4 Å². The van der Waals surface area contributed by atoms with E-state index in [0.717, 1.165) is 43.9 Å². The van der Waals surface area contributed by atoms with Gasteiger partial charge in [0.1, 0.15) is 0 Å². The Morgan fingerprint density at radius 1 is 1.22 bits per heavy atom. The largest absolute Gasteiger partial charge is 0.416 e. The Labute approximate surface area is 133 Å². The van der Waals surface area contributed by atoms with Crippen LogP contribution in [0.4, 0.5) is 13.2 Å². The van der Waals surface area contributed by atoms with E-state index in [0.29, 0.717) is 18.3 Å². The number of rotatable bonds is 3. The summed E-state index contributed by atoms with van der Waals surface area (Å²) in [6.45, 7) is 5.44. The molecule has 2 saturated heterocycles. The van der Waals surface area contributed by atoms with E-state index in [2.05, 4.69) is 5.32 Å². The lowest BCUT2D eigenvalue weighted by Crippen LogP contribution is -2.32. The van der Waals surface area contributed by atoms with Gasteiger partial charge in [-0.1, -0.05) is 19.1 Å². The van der Waals surface area contributed by atoms with E-state index in [1.54, 1.807) is 0 Å². The third-order valence-corrected chi connectivity index (χ3v) is 5.03. The van der Waals surface area contributed by atoms with Gasteiger partial charge in [0.05, 0.1) is 5.56 Å². The first-order valence-corrected chi connectivity index (χ1v) is 8.00. The van der Waals surface area contributed by atoms with Crippen LogP contribution in [0, 0.1) is 11.8 Å². The Hall–Kier alpha value is -1.56. The number of halogens is 3. The van der Waals surface area contributed by atoms with Crippen molar-refractivity contribution >= 4 is 5.91 Å². The number of benzene rings is 1. The molecule has 2 fully saturated rings. The molecule has 0 radical (unpaired) electrons. The number of carbonyl (C=O) groups is 1. The van der Waals surface area contributed by atoms with E-state index in [4.69, 9.17) is 0 Å². The molecule has 3 nitrogen and oxygen atoms in total. The van der Waals surface area contributed by atoms with Crippen LogP contribution in [0.25, 0.3) is 0 Å². The van der Waals surface area contributed by atoms with E-state index in [1.165, 1.54) is 12.1 Å². The number of hydrogen-bond donors (Lipinski definition) is 1. The van der Waals surface area contributed by atoms with Crippen LogP contribution in [0.5, 0.6) is 0 Å². The first kappa shape index (κ1) is 16.3. The quantitative estimate of drug-likeness (QED) is 0.926. The molecule has 1 aromatic carbocycles. The number of hydrogen-bond acceptors (Lipinski definition) is 2. The molecule has 1 unspecified atom stereocenters. The highest BCUT2D eigenvalue weighted by Gasteiger charge is 2.38. The van der Waals surface area contributed by atoms with Crippen molar-refractivity contribution in [1.29, 1.82) is 0 Å². The van der Waals surface area contributed by atoms with Crippen LogP contribution >= 0.6 is 0 Å². The lowest BCUT2D eigenvalue weighted by atomic mass is 9.96. The Morgan fingerprint density at radius 3 is 2.30 bits per heavy atom. The molecule has 3 rings (SSSR count). The Bertz CT molecular complexity index is 558. The van der Waals surface area contributed by atoms with Gasteiger partial charge in [-0.15, -0.1) is 0 Å². The number of nitrogens with zero attached hydrogens (tertiary/aromatic N) is 1. The third kappa shape index (κ3) is 3.52. The maximum absolute atomic E-state index is 12.6. The summed E-state index contributed by atoms with van der Waals surface area (Å²) in [6, 6.07) is 5.12. The molecule has 0 saturated carbocycles. The highest BCUT2D eigenvalue weighted by Crippen LogP contribution is 2.31. The molecule has 126 valence electrons.